The molecule has 1 aromatic rings. The molecule has 1 aliphatic heterocycles. The first-order valence-corrected chi connectivity index (χ1v) is 5.02. The molecule has 1 heterocycles. The van der Waals surface area contributed by atoms with Gasteiger partial charge in [-0.15, -0.1) is 0 Å². The fourth-order valence-electron chi connectivity index (χ4n) is 1.47. The number of hydrogen-bond donors (Lipinski definition) is 0. The minimum absolute atomic E-state index is 0.0258. The van der Waals surface area contributed by atoms with Crippen molar-refractivity contribution in [3.8, 4) is 0 Å². The number of aliphatic imine (C=N–C) groups is 1. The summed E-state index contributed by atoms with van der Waals surface area (Å²) in [5.41, 5.74) is 1.25. The lowest BCUT2D eigenvalue weighted by molar-refractivity contribution is -0.141. The van der Waals surface area contributed by atoms with Gasteiger partial charge in [0.1, 0.15) is 6.10 Å². The lowest BCUT2D eigenvalue weighted by Crippen LogP contribution is -2.36. The van der Waals surface area contributed by atoms with Gasteiger partial charge in [-0.3, -0.25) is 4.99 Å². The second-order valence-electron chi connectivity index (χ2n) is 3.69. The molecule has 0 fully saturated rings. The Bertz CT molecular complexity index is 397. The highest BCUT2D eigenvalue weighted by Gasteiger charge is 2.27. The Kier molecular flexibility index (Phi) is 2.54. The van der Waals surface area contributed by atoms with Crippen LogP contribution in [0, 0.1) is 0 Å². The highest BCUT2D eigenvalue weighted by Crippen LogP contribution is 2.14. The van der Waals surface area contributed by atoms with Crippen LogP contribution in [0.5, 0.6) is 0 Å². The highest BCUT2D eigenvalue weighted by molar-refractivity contribution is 6.43. The third kappa shape index (κ3) is 1.91. The van der Waals surface area contributed by atoms with Crippen LogP contribution in [0.15, 0.2) is 35.3 Å². The second-order valence-corrected chi connectivity index (χ2v) is 3.69. The summed E-state index contributed by atoms with van der Waals surface area (Å²) in [7, 11) is 0. The van der Waals surface area contributed by atoms with Gasteiger partial charge in [0.15, 0.2) is 5.71 Å². The summed E-state index contributed by atoms with van der Waals surface area (Å²) in [6, 6.07) is 9.43. The van der Waals surface area contributed by atoms with Crippen molar-refractivity contribution in [1.29, 1.82) is 0 Å². The van der Waals surface area contributed by atoms with Gasteiger partial charge in [0.25, 0.3) is 0 Å². The number of esters is 1. The molecule has 0 N–H and O–H groups in total. The second kappa shape index (κ2) is 3.85. The van der Waals surface area contributed by atoms with Crippen LogP contribution >= 0.6 is 0 Å². The van der Waals surface area contributed by atoms with Gasteiger partial charge in [-0.1, -0.05) is 30.3 Å². The van der Waals surface area contributed by atoms with E-state index in [1.165, 1.54) is 0 Å². The minimum atomic E-state index is -0.327. The highest BCUT2D eigenvalue weighted by atomic mass is 16.5. The number of carbonyl (C=O) groups excluding carboxylic acids is 1. The van der Waals surface area contributed by atoms with E-state index >= 15 is 0 Å². The van der Waals surface area contributed by atoms with E-state index in [0.717, 1.165) is 5.56 Å². The average molecular weight is 203 g/mol. The van der Waals surface area contributed by atoms with Gasteiger partial charge in [0, 0.05) is 5.56 Å². The molecule has 1 aliphatic rings. The minimum Gasteiger partial charge on any atom is -0.456 e. The molecule has 0 aliphatic carbocycles. The third-order valence-corrected chi connectivity index (χ3v) is 2.55. The SMILES string of the molecule is CC1N=C(c2ccccc2)C(=O)OC1C. The largest absolute Gasteiger partial charge is 0.456 e. The Morgan fingerprint density at radius 1 is 1.20 bits per heavy atom. The van der Waals surface area contributed by atoms with Crippen LogP contribution in [0.25, 0.3) is 0 Å². The van der Waals surface area contributed by atoms with E-state index in [1.807, 2.05) is 44.2 Å². The number of benzene rings is 1. The number of rotatable bonds is 1. The number of hydrogen-bond acceptors (Lipinski definition) is 3. The summed E-state index contributed by atoms with van der Waals surface area (Å²) >= 11 is 0. The molecule has 0 saturated heterocycles. The Hall–Kier alpha value is -1.64. The first-order chi connectivity index (χ1) is 7.18. The smallest absolute Gasteiger partial charge is 0.357 e. The maximum atomic E-state index is 11.6. The van der Waals surface area contributed by atoms with Gasteiger partial charge >= 0.3 is 5.97 Å². The summed E-state index contributed by atoms with van der Waals surface area (Å²) < 4.78 is 5.20. The maximum absolute atomic E-state index is 11.6. The predicted octanol–water partition coefficient (Wildman–Crippen LogP) is 1.81. The van der Waals surface area contributed by atoms with E-state index in [0.29, 0.717) is 5.71 Å². The molecule has 1 aromatic carbocycles. The molecular formula is C12H13NO2. The summed E-state index contributed by atoms with van der Waals surface area (Å²) in [4.78, 5) is 16.0. The standard InChI is InChI=1S/C12H13NO2/c1-8-9(2)15-12(14)11(13-8)10-6-4-3-5-7-10/h3-9H,1-2H3. The first-order valence-electron chi connectivity index (χ1n) is 5.02. The molecule has 2 atom stereocenters. The lowest BCUT2D eigenvalue weighted by Gasteiger charge is -2.23. The van der Waals surface area contributed by atoms with Crippen LogP contribution in [0.3, 0.4) is 0 Å². The van der Waals surface area contributed by atoms with Crippen LogP contribution in [-0.4, -0.2) is 23.8 Å². The van der Waals surface area contributed by atoms with Crippen molar-refractivity contribution < 1.29 is 9.53 Å². The molecule has 3 nitrogen and oxygen atoms in total. The zero-order valence-electron chi connectivity index (χ0n) is 8.81. The van der Waals surface area contributed by atoms with E-state index in [9.17, 15) is 4.79 Å². The van der Waals surface area contributed by atoms with E-state index in [1.54, 1.807) is 0 Å². The molecule has 15 heavy (non-hydrogen) atoms. The van der Waals surface area contributed by atoms with Crippen molar-refractivity contribution in [2.45, 2.75) is 26.0 Å². The number of carbonyl (C=O) groups is 1. The third-order valence-electron chi connectivity index (χ3n) is 2.55. The van der Waals surface area contributed by atoms with Crippen molar-refractivity contribution in [3.05, 3.63) is 35.9 Å². The zero-order valence-corrected chi connectivity index (χ0v) is 8.81. The summed E-state index contributed by atoms with van der Waals surface area (Å²) in [5, 5.41) is 0. The Morgan fingerprint density at radius 3 is 2.53 bits per heavy atom. The predicted molar refractivity (Wildman–Crippen MR) is 58.0 cm³/mol. The summed E-state index contributed by atoms with van der Waals surface area (Å²) in [6.45, 7) is 3.80. The Morgan fingerprint density at radius 2 is 1.87 bits per heavy atom. The fraction of sp³-hybridized carbons (Fsp3) is 0.333. The Balaban J connectivity index is 2.37. The topological polar surface area (TPSA) is 38.7 Å². The van der Waals surface area contributed by atoms with Crippen molar-refractivity contribution in [2.24, 2.45) is 4.99 Å². The van der Waals surface area contributed by atoms with Crippen molar-refractivity contribution >= 4 is 11.7 Å². The molecule has 3 heteroatoms. The molecule has 2 unspecified atom stereocenters. The molecule has 0 radical (unpaired) electrons. The molecule has 0 bridgehead atoms. The van der Waals surface area contributed by atoms with Crippen molar-refractivity contribution in [2.75, 3.05) is 0 Å². The van der Waals surface area contributed by atoms with Gasteiger partial charge < -0.3 is 4.74 Å². The van der Waals surface area contributed by atoms with Crippen LogP contribution in [0.4, 0.5) is 0 Å². The quantitative estimate of drug-likeness (QED) is 0.653. The Labute approximate surface area is 88.8 Å². The number of cyclic esters (lactones) is 1. The molecular weight excluding hydrogens is 190 g/mol. The van der Waals surface area contributed by atoms with Gasteiger partial charge in [-0.2, -0.15) is 0 Å². The summed E-state index contributed by atoms with van der Waals surface area (Å²) in [6.07, 6.45) is -0.134. The van der Waals surface area contributed by atoms with Crippen LogP contribution in [0.2, 0.25) is 0 Å². The van der Waals surface area contributed by atoms with E-state index in [4.69, 9.17) is 4.74 Å². The van der Waals surface area contributed by atoms with Gasteiger partial charge in [-0.25, -0.2) is 4.79 Å². The number of ether oxygens (including phenoxy) is 1. The molecule has 0 saturated carbocycles. The van der Waals surface area contributed by atoms with Crippen LogP contribution < -0.4 is 0 Å². The van der Waals surface area contributed by atoms with Gasteiger partial charge in [0.05, 0.1) is 6.04 Å². The van der Waals surface area contributed by atoms with Crippen molar-refractivity contribution in [1.82, 2.24) is 0 Å². The normalized spacial score (nSPS) is 25.7. The van der Waals surface area contributed by atoms with Crippen LogP contribution in [0.1, 0.15) is 19.4 Å². The molecule has 78 valence electrons. The maximum Gasteiger partial charge on any atom is 0.357 e. The van der Waals surface area contributed by atoms with Gasteiger partial charge in [0.2, 0.25) is 0 Å². The van der Waals surface area contributed by atoms with Crippen LogP contribution in [-0.2, 0) is 9.53 Å². The van der Waals surface area contributed by atoms with Crippen molar-refractivity contribution in [3.63, 3.8) is 0 Å². The molecule has 0 spiro atoms. The van der Waals surface area contributed by atoms with E-state index in [-0.39, 0.29) is 18.1 Å². The first kappa shape index (κ1) is 9.90. The number of nitrogens with zero attached hydrogens (tertiary/aromatic N) is 1. The average Bonchev–Trinajstić information content (AvgIpc) is 2.25. The fourth-order valence-corrected chi connectivity index (χ4v) is 1.47. The van der Waals surface area contributed by atoms with E-state index < -0.39 is 0 Å². The van der Waals surface area contributed by atoms with E-state index in [2.05, 4.69) is 4.99 Å². The molecule has 2 rings (SSSR count). The summed E-state index contributed by atoms with van der Waals surface area (Å²) in [5.74, 6) is -0.327. The lowest BCUT2D eigenvalue weighted by atomic mass is 10.1. The monoisotopic (exact) mass is 203 g/mol. The molecule has 0 amide bonds. The zero-order chi connectivity index (χ0) is 10.8. The molecule has 0 aromatic heterocycles. The van der Waals surface area contributed by atoms with Gasteiger partial charge in [-0.05, 0) is 13.8 Å².